The Morgan fingerprint density at radius 1 is 1.08 bits per heavy atom. The Labute approximate surface area is 216 Å². The number of aliphatic hydroxyl groups is 1. The van der Waals surface area contributed by atoms with E-state index in [1.807, 2.05) is 0 Å². The summed E-state index contributed by atoms with van der Waals surface area (Å²) in [7, 11) is 1.53. The number of alkyl carbamates (subject to hydrolysis) is 1. The Balaban J connectivity index is 1.97. The molecule has 0 radical (unpaired) electrons. The van der Waals surface area contributed by atoms with Gasteiger partial charge in [0.25, 0.3) is 5.91 Å². The average Bonchev–Trinajstić information content (AvgIpc) is 2.81. The van der Waals surface area contributed by atoms with Gasteiger partial charge in [0.05, 0.1) is 13.7 Å². The van der Waals surface area contributed by atoms with Gasteiger partial charge in [0.1, 0.15) is 29.2 Å². The van der Waals surface area contributed by atoms with Gasteiger partial charge >= 0.3 is 6.09 Å². The fraction of sp³-hybridized carbons (Fsp3) is 0.444. The van der Waals surface area contributed by atoms with E-state index in [0.29, 0.717) is 24.3 Å². The molecule has 2 atom stereocenters. The van der Waals surface area contributed by atoms with Crippen LogP contribution in [0.1, 0.15) is 51.6 Å². The van der Waals surface area contributed by atoms with E-state index < -0.39 is 42.2 Å². The predicted molar refractivity (Wildman–Crippen MR) is 137 cm³/mol. The average molecular weight is 514 g/mol. The Bertz CT molecular complexity index is 1090. The van der Waals surface area contributed by atoms with Crippen molar-refractivity contribution >= 4 is 23.6 Å². The van der Waals surface area contributed by atoms with E-state index in [2.05, 4.69) is 10.6 Å². The molecule has 0 aromatic heterocycles. The summed E-state index contributed by atoms with van der Waals surface area (Å²) in [6.45, 7) is 4.34. The van der Waals surface area contributed by atoms with E-state index in [1.165, 1.54) is 18.1 Å². The summed E-state index contributed by atoms with van der Waals surface area (Å²) in [4.78, 5) is 41.2. The third-order valence-electron chi connectivity index (χ3n) is 6.01. The summed E-state index contributed by atoms with van der Waals surface area (Å²) in [6, 6.07) is 10.1. The van der Waals surface area contributed by atoms with Crippen molar-refractivity contribution in [2.45, 2.75) is 63.8 Å². The van der Waals surface area contributed by atoms with Crippen LogP contribution in [0.25, 0.3) is 0 Å². The molecule has 3 rings (SSSR count). The van der Waals surface area contributed by atoms with Gasteiger partial charge in [-0.1, -0.05) is 18.2 Å². The number of nitrogens with zero attached hydrogens (tertiary/aromatic N) is 1. The summed E-state index contributed by atoms with van der Waals surface area (Å²) in [5.74, 6) is -0.757. The molecule has 2 aromatic rings. The minimum Gasteiger partial charge on any atom is -0.508 e. The quantitative estimate of drug-likeness (QED) is 0.403. The number of phenolic OH excluding ortho intramolecular Hbond substituents is 1. The van der Waals surface area contributed by atoms with Gasteiger partial charge in [0, 0.05) is 17.3 Å². The summed E-state index contributed by atoms with van der Waals surface area (Å²) in [5, 5.41) is 25.9. The van der Waals surface area contributed by atoms with Gasteiger partial charge in [-0.3, -0.25) is 9.59 Å². The minimum atomic E-state index is -1.35. The first kappa shape index (κ1) is 27.8. The second-order valence-corrected chi connectivity index (χ2v) is 9.89. The number of aromatic hydroxyl groups is 1. The van der Waals surface area contributed by atoms with Crippen molar-refractivity contribution in [3.05, 3.63) is 54.1 Å². The number of benzene rings is 2. The number of anilines is 1. The number of para-hydroxylation sites is 1. The molecular weight excluding hydrogens is 478 g/mol. The third kappa shape index (κ3) is 7.13. The molecule has 1 fully saturated rings. The monoisotopic (exact) mass is 513 g/mol. The number of carbonyl (C=O) groups is 3. The molecule has 3 amide bonds. The molecule has 0 heterocycles. The van der Waals surface area contributed by atoms with E-state index in [4.69, 9.17) is 9.47 Å². The van der Waals surface area contributed by atoms with E-state index in [-0.39, 0.29) is 17.4 Å². The zero-order valence-corrected chi connectivity index (χ0v) is 21.6. The Morgan fingerprint density at radius 2 is 1.73 bits per heavy atom. The molecular formula is C27H35N3O7. The molecule has 0 bridgehead atoms. The molecule has 1 aliphatic rings. The molecule has 10 nitrogen and oxygen atoms in total. The largest absolute Gasteiger partial charge is 0.508 e. The molecule has 0 aliphatic heterocycles. The van der Waals surface area contributed by atoms with E-state index in [1.54, 1.807) is 63.2 Å². The van der Waals surface area contributed by atoms with E-state index >= 15 is 0 Å². The molecule has 2 aromatic carbocycles. The van der Waals surface area contributed by atoms with Gasteiger partial charge in [-0.05, 0) is 70.4 Å². The first-order valence-corrected chi connectivity index (χ1v) is 12.2. The fourth-order valence-electron chi connectivity index (χ4n) is 4.02. The van der Waals surface area contributed by atoms with Crippen molar-refractivity contribution in [3.8, 4) is 11.5 Å². The fourth-order valence-corrected chi connectivity index (χ4v) is 4.02. The number of amides is 3. The molecule has 2 unspecified atom stereocenters. The maximum Gasteiger partial charge on any atom is 0.408 e. The van der Waals surface area contributed by atoms with Crippen LogP contribution in [0.2, 0.25) is 0 Å². The molecule has 0 saturated heterocycles. The van der Waals surface area contributed by atoms with Crippen molar-refractivity contribution in [3.63, 3.8) is 0 Å². The zero-order chi connectivity index (χ0) is 27.2. The smallest absolute Gasteiger partial charge is 0.408 e. The lowest BCUT2D eigenvalue weighted by Gasteiger charge is -2.43. The van der Waals surface area contributed by atoms with Crippen molar-refractivity contribution in [1.29, 1.82) is 0 Å². The number of hydrogen-bond acceptors (Lipinski definition) is 7. The van der Waals surface area contributed by atoms with Crippen LogP contribution in [-0.2, 0) is 14.3 Å². The number of carbonyl (C=O) groups excluding carboxylic acids is 3. The second kappa shape index (κ2) is 12.0. The van der Waals surface area contributed by atoms with Crippen LogP contribution in [-0.4, -0.2) is 64.4 Å². The van der Waals surface area contributed by atoms with Gasteiger partial charge in [0.15, 0.2) is 0 Å². The SMILES string of the molecule is COc1ccc(NC(=O)C(c2ccccc2O)N(C(=O)C(CO)NC(=O)OC(C)(C)C)C2CCC2)cc1. The lowest BCUT2D eigenvalue weighted by molar-refractivity contribution is -0.146. The summed E-state index contributed by atoms with van der Waals surface area (Å²) in [5.41, 5.74) is -0.113. The molecule has 1 aliphatic carbocycles. The molecule has 0 spiro atoms. The van der Waals surface area contributed by atoms with Crippen molar-refractivity contribution in [1.82, 2.24) is 10.2 Å². The lowest BCUT2D eigenvalue weighted by atomic mass is 9.88. The number of aliphatic hydroxyl groups excluding tert-OH is 1. The number of rotatable bonds is 9. The normalized spacial score (nSPS) is 15.1. The van der Waals surface area contributed by atoms with Gasteiger partial charge in [-0.15, -0.1) is 0 Å². The maximum absolute atomic E-state index is 13.8. The molecule has 4 N–H and O–H groups in total. The number of phenols is 1. The topological polar surface area (TPSA) is 137 Å². The summed E-state index contributed by atoms with van der Waals surface area (Å²) < 4.78 is 10.4. The number of nitrogens with one attached hydrogen (secondary N) is 2. The van der Waals surface area contributed by atoms with Crippen LogP contribution in [0, 0.1) is 0 Å². The second-order valence-electron chi connectivity index (χ2n) is 9.89. The van der Waals surface area contributed by atoms with Crippen LogP contribution >= 0.6 is 0 Å². The molecule has 200 valence electrons. The highest BCUT2D eigenvalue weighted by Crippen LogP contribution is 2.37. The van der Waals surface area contributed by atoms with Crippen LogP contribution in [0.15, 0.2) is 48.5 Å². The summed E-state index contributed by atoms with van der Waals surface area (Å²) in [6.07, 6.45) is 1.26. The highest BCUT2D eigenvalue weighted by molar-refractivity contribution is 5.99. The van der Waals surface area contributed by atoms with Gasteiger partial charge in [-0.25, -0.2) is 4.79 Å². The lowest BCUT2D eigenvalue weighted by Crippen LogP contribution is -2.58. The first-order chi connectivity index (χ1) is 17.5. The Morgan fingerprint density at radius 3 is 2.24 bits per heavy atom. The highest BCUT2D eigenvalue weighted by atomic mass is 16.6. The van der Waals surface area contributed by atoms with Gasteiger partial charge in [0.2, 0.25) is 5.91 Å². The number of methoxy groups -OCH3 is 1. The molecule has 1 saturated carbocycles. The Kier molecular flexibility index (Phi) is 8.99. The van der Waals surface area contributed by atoms with Crippen LogP contribution in [0.5, 0.6) is 11.5 Å². The van der Waals surface area contributed by atoms with Crippen molar-refractivity contribution in [2.24, 2.45) is 0 Å². The predicted octanol–water partition coefficient (Wildman–Crippen LogP) is 3.35. The van der Waals surface area contributed by atoms with Gasteiger partial charge < -0.3 is 35.2 Å². The molecule has 37 heavy (non-hydrogen) atoms. The molecule has 10 heteroatoms. The number of hydrogen-bond donors (Lipinski definition) is 4. The highest BCUT2D eigenvalue weighted by Gasteiger charge is 2.42. The summed E-state index contributed by atoms with van der Waals surface area (Å²) >= 11 is 0. The van der Waals surface area contributed by atoms with Gasteiger partial charge in [-0.2, -0.15) is 0 Å². The van der Waals surface area contributed by atoms with E-state index in [0.717, 1.165) is 6.42 Å². The maximum atomic E-state index is 13.8. The third-order valence-corrected chi connectivity index (χ3v) is 6.01. The zero-order valence-electron chi connectivity index (χ0n) is 21.6. The van der Waals surface area contributed by atoms with Crippen LogP contribution < -0.4 is 15.4 Å². The minimum absolute atomic E-state index is 0.157. The van der Waals surface area contributed by atoms with Crippen LogP contribution in [0.3, 0.4) is 0 Å². The Hall–Kier alpha value is -3.79. The van der Waals surface area contributed by atoms with Crippen molar-refractivity contribution < 1.29 is 34.1 Å². The standard InChI is InChI=1S/C27H35N3O7/c1-27(2,3)37-26(35)29-21(16-31)25(34)30(18-8-7-9-18)23(20-10-5-6-11-22(20)32)24(33)28-17-12-14-19(36-4)15-13-17/h5-6,10-15,18,21,23,31-32H,7-9,16H2,1-4H3,(H,28,33)(H,29,35). The van der Waals surface area contributed by atoms with Crippen molar-refractivity contribution in [2.75, 3.05) is 19.0 Å². The first-order valence-electron chi connectivity index (χ1n) is 12.2. The van der Waals surface area contributed by atoms with E-state index in [9.17, 15) is 24.6 Å². The number of ether oxygens (including phenoxy) is 2. The van der Waals surface area contributed by atoms with Crippen LogP contribution in [0.4, 0.5) is 10.5 Å².